The van der Waals surface area contributed by atoms with Crippen LogP contribution in [-0.4, -0.2) is 35.9 Å². The van der Waals surface area contributed by atoms with Crippen molar-refractivity contribution in [1.29, 1.82) is 0 Å². The van der Waals surface area contributed by atoms with Crippen LogP contribution in [0.5, 0.6) is 0 Å². The molecule has 22 heavy (non-hydrogen) atoms. The van der Waals surface area contributed by atoms with Crippen LogP contribution >= 0.6 is 11.3 Å². The number of aryl methyl sites for hydroxylation is 1. The van der Waals surface area contributed by atoms with Crippen LogP contribution < -0.4 is 5.32 Å². The van der Waals surface area contributed by atoms with Crippen LogP contribution in [0.1, 0.15) is 49.2 Å². The van der Waals surface area contributed by atoms with Gasteiger partial charge in [0.2, 0.25) is 5.91 Å². The first-order valence-corrected chi connectivity index (χ1v) is 9.03. The molecule has 0 radical (unpaired) electrons. The molecule has 1 saturated heterocycles. The van der Waals surface area contributed by atoms with E-state index in [-0.39, 0.29) is 17.8 Å². The molecule has 0 unspecified atom stereocenters. The number of ether oxygens (including phenoxy) is 2. The lowest BCUT2D eigenvalue weighted by molar-refractivity contribution is -0.175. The number of aromatic nitrogens is 1. The second-order valence-electron chi connectivity index (χ2n) is 6.21. The Morgan fingerprint density at radius 3 is 2.86 bits per heavy atom. The molecule has 1 amide bonds. The van der Waals surface area contributed by atoms with Crippen molar-refractivity contribution in [3.05, 3.63) is 16.1 Å². The Morgan fingerprint density at radius 1 is 1.41 bits per heavy atom. The van der Waals surface area contributed by atoms with Gasteiger partial charge in [0.05, 0.1) is 23.7 Å². The van der Waals surface area contributed by atoms with Crippen molar-refractivity contribution < 1.29 is 14.3 Å². The van der Waals surface area contributed by atoms with Crippen molar-refractivity contribution in [2.45, 2.75) is 63.8 Å². The quantitative estimate of drug-likeness (QED) is 0.925. The molecule has 3 rings (SSSR count). The molecular formula is C16H24N2O3S. The van der Waals surface area contributed by atoms with Gasteiger partial charge in [-0.05, 0) is 19.8 Å². The molecule has 2 heterocycles. The van der Waals surface area contributed by atoms with Crippen molar-refractivity contribution in [1.82, 2.24) is 10.3 Å². The fraction of sp³-hybridized carbons (Fsp3) is 0.750. The number of carbonyl (C=O) groups is 1. The summed E-state index contributed by atoms with van der Waals surface area (Å²) in [6.45, 7) is 3.04. The molecule has 1 aromatic rings. The first-order chi connectivity index (χ1) is 10.7. The first kappa shape index (κ1) is 15.9. The Kier molecular flexibility index (Phi) is 5.10. The standard InChI is InChI=1S/C16H24N2O3S/c1-12-18-13(11-22-12)8-15(19)17-9-14-10-20-16(21-14)6-4-2-3-5-7-16/h11,14H,2-10H2,1H3,(H,17,19)/t14-/m1/s1. The van der Waals surface area contributed by atoms with Crippen LogP contribution in [-0.2, 0) is 20.7 Å². The van der Waals surface area contributed by atoms with E-state index >= 15 is 0 Å². The zero-order valence-electron chi connectivity index (χ0n) is 13.1. The minimum atomic E-state index is -0.377. The molecule has 1 aliphatic carbocycles. The molecule has 122 valence electrons. The maximum Gasteiger partial charge on any atom is 0.226 e. The number of amides is 1. The molecular weight excluding hydrogens is 300 g/mol. The number of nitrogens with one attached hydrogen (secondary N) is 1. The Bertz CT molecular complexity index is 509. The summed E-state index contributed by atoms with van der Waals surface area (Å²) in [6.07, 6.45) is 7.14. The Balaban J connectivity index is 1.43. The van der Waals surface area contributed by atoms with Gasteiger partial charge in [-0.25, -0.2) is 4.98 Å². The lowest BCUT2D eigenvalue weighted by Crippen LogP contribution is -2.36. The summed E-state index contributed by atoms with van der Waals surface area (Å²) in [5, 5.41) is 5.87. The normalized spacial score (nSPS) is 24.3. The maximum atomic E-state index is 12.0. The molecule has 1 atom stereocenters. The predicted molar refractivity (Wildman–Crippen MR) is 84.8 cm³/mol. The predicted octanol–water partition coefficient (Wildman–Crippen LogP) is 2.58. The average Bonchev–Trinajstić information content (AvgIpc) is 2.99. The molecule has 1 N–H and O–H groups in total. The van der Waals surface area contributed by atoms with Crippen molar-refractivity contribution in [2.24, 2.45) is 0 Å². The number of thiazole rings is 1. The summed E-state index contributed by atoms with van der Waals surface area (Å²) in [5.41, 5.74) is 0.837. The van der Waals surface area contributed by atoms with Gasteiger partial charge in [0, 0.05) is 24.8 Å². The van der Waals surface area contributed by atoms with Crippen molar-refractivity contribution in [3.63, 3.8) is 0 Å². The zero-order valence-corrected chi connectivity index (χ0v) is 13.9. The molecule has 1 spiro atoms. The van der Waals surface area contributed by atoms with Crippen LogP contribution in [0.15, 0.2) is 5.38 Å². The summed E-state index contributed by atoms with van der Waals surface area (Å²) in [4.78, 5) is 16.3. The summed E-state index contributed by atoms with van der Waals surface area (Å²) >= 11 is 1.57. The maximum absolute atomic E-state index is 12.0. The highest BCUT2D eigenvalue weighted by Crippen LogP contribution is 2.36. The van der Waals surface area contributed by atoms with E-state index in [1.54, 1.807) is 11.3 Å². The minimum Gasteiger partial charge on any atom is -0.353 e. The zero-order chi connectivity index (χ0) is 15.4. The lowest BCUT2D eigenvalue weighted by Gasteiger charge is -2.26. The van der Waals surface area contributed by atoms with E-state index in [0.29, 0.717) is 19.6 Å². The topological polar surface area (TPSA) is 60.5 Å². The molecule has 0 aromatic carbocycles. The summed E-state index contributed by atoms with van der Waals surface area (Å²) in [6, 6.07) is 0. The van der Waals surface area contributed by atoms with Gasteiger partial charge in [0.1, 0.15) is 6.10 Å². The third-order valence-electron chi connectivity index (χ3n) is 4.31. The molecule has 1 aromatic heterocycles. The minimum absolute atomic E-state index is 0.00397. The SMILES string of the molecule is Cc1nc(CC(=O)NC[C@@H]2COC3(CCCCCC3)O2)cs1. The van der Waals surface area contributed by atoms with E-state index < -0.39 is 0 Å². The second-order valence-corrected chi connectivity index (χ2v) is 7.28. The fourth-order valence-corrected chi connectivity index (χ4v) is 3.80. The smallest absolute Gasteiger partial charge is 0.226 e. The van der Waals surface area contributed by atoms with E-state index in [2.05, 4.69) is 10.3 Å². The average molecular weight is 324 g/mol. The van der Waals surface area contributed by atoms with Crippen molar-refractivity contribution >= 4 is 17.2 Å². The highest BCUT2D eigenvalue weighted by molar-refractivity contribution is 7.09. The highest BCUT2D eigenvalue weighted by Gasteiger charge is 2.41. The van der Waals surface area contributed by atoms with Crippen LogP contribution in [0.4, 0.5) is 0 Å². The Morgan fingerprint density at radius 2 is 2.18 bits per heavy atom. The highest BCUT2D eigenvalue weighted by atomic mass is 32.1. The van der Waals surface area contributed by atoms with Crippen LogP contribution in [0.3, 0.4) is 0 Å². The lowest BCUT2D eigenvalue weighted by atomic mass is 10.1. The monoisotopic (exact) mass is 324 g/mol. The van der Waals surface area contributed by atoms with E-state index in [1.807, 2.05) is 12.3 Å². The number of carbonyl (C=O) groups excluding carboxylic acids is 1. The number of hydrogen-bond donors (Lipinski definition) is 1. The molecule has 5 nitrogen and oxygen atoms in total. The molecule has 2 aliphatic rings. The first-order valence-electron chi connectivity index (χ1n) is 8.15. The number of rotatable bonds is 4. The summed E-state index contributed by atoms with van der Waals surface area (Å²) in [7, 11) is 0. The van der Waals surface area contributed by atoms with Crippen LogP contribution in [0.2, 0.25) is 0 Å². The molecule has 1 saturated carbocycles. The van der Waals surface area contributed by atoms with E-state index in [0.717, 1.165) is 23.5 Å². The second kappa shape index (κ2) is 7.06. The van der Waals surface area contributed by atoms with Crippen molar-refractivity contribution in [3.8, 4) is 0 Å². The van der Waals surface area contributed by atoms with Gasteiger partial charge in [-0.1, -0.05) is 12.8 Å². The molecule has 2 fully saturated rings. The fourth-order valence-electron chi connectivity index (χ4n) is 3.19. The van der Waals surface area contributed by atoms with Gasteiger partial charge in [0.15, 0.2) is 5.79 Å². The van der Waals surface area contributed by atoms with E-state index in [1.165, 1.54) is 25.7 Å². The van der Waals surface area contributed by atoms with Gasteiger partial charge in [-0.3, -0.25) is 4.79 Å². The molecule has 1 aliphatic heterocycles. The number of nitrogens with zero attached hydrogens (tertiary/aromatic N) is 1. The van der Waals surface area contributed by atoms with Crippen LogP contribution in [0.25, 0.3) is 0 Å². The third-order valence-corrected chi connectivity index (χ3v) is 5.14. The summed E-state index contributed by atoms with van der Waals surface area (Å²) < 4.78 is 12.1. The van der Waals surface area contributed by atoms with Gasteiger partial charge in [0.25, 0.3) is 0 Å². The van der Waals surface area contributed by atoms with E-state index in [4.69, 9.17) is 9.47 Å². The van der Waals surface area contributed by atoms with Gasteiger partial charge in [-0.15, -0.1) is 11.3 Å². The van der Waals surface area contributed by atoms with Gasteiger partial charge >= 0.3 is 0 Å². The third kappa shape index (κ3) is 4.06. The largest absolute Gasteiger partial charge is 0.353 e. The Labute approximate surface area is 135 Å². The summed E-state index contributed by atoms with van der Waals surface area (Å²) in [5.74, 6) is -0.381. The van der Waals surface area contributed by atoms with Crippen molar-refractivity contribution in [2.75, 3.05) is 13.2 Å². The number of hydrogen-bond acceptors (Lipinski definition) is 5. The van der Waals surface area contributed by atoms with Gasteiger partial charge < -0.3 is 14.8 Å². The van der Waals surface area contributed by atoms with Gasteiger partial charge in [-0.2, -0.15) is 0 Å². The molecule has 6 heteroatoms. The Hall–Kier alpha value is -0.980. The molecule has 0 bridgehead atoms. The van der Waals surface area contributed by atoms with Crippen LogP contribution in [0, 0.1) is 6.92 Å². The van der Waals surface area contributed by atoms with E-state index in [9.17, 15) is 4.79 Å².